The number of halogens is 1. The number of aryl methyl sites for hydroxylation is 1. The maximum absolute atomic E-state index is 13.0. The highest BCUT2D eigenvalue weighted by Crippen LogP contribution is 2.15. The lowest BCUT2D eigenvalue weighted by atomic mass is 10.1. The zero-order chi connectivity index (χ0) is 10.6. The van der Waals surface area contributed by atoms with Crippen LogP contribution in [0.2, 0.25) is 0 Å². The van der Waals surface area contributed by atoms with E-state index in [9.17, 15) is 4.39 Å². The zero-order valence-electron chi connectivity index (χ0n) is 9.10. The maximum atomic E-state index is 13.0. The van der Waals surface area contributed by atoms with Gasteiger partial charge in [-0.3, -0.25) is 0 Å². The molecule has 78 valence electrons. The Kier molecular flexibility index (Phi) is 3.93. The van der Waals surface area contributed by atoms with Gasteiger partial charge in [-0.2, -0.15) is 0 Å². The van der Waals surface area contributed by atoms with Crippen LogP contribution in [0, 0.1) is 12.7 Å². The molecular formula is C12H18FN. The Balaban J connectivity index is 2.66. The quantitative estimate of drug-likeness (QED) is 0.771. The number of anilines is 1. The van der Waals surface area contributed by atoms with Crippen LogP contribution in [0.5, 0.6) is 0 Å². The number of hydrogen-bond acceptors (Lipinski definition) is 1. The fourth-order valence-electron chi connectivity index (χ4n) is 1.61. The molecule has 1 rings (SSSR count). The van der Waals surface area contributed by atoms with Gasteiger partial charge in [-0.25, -0.2) is 4.39 Å². The third-order valence-electron chi connectivity index (χ3n) is 2.18. The van der Waals surface area contributed by atoms with Crippen molar-refractivity contribution >= 4 is 5.69 Å². The Bertz CT molecular complexity index is 276. The monoisotopic (exact) mass is 195 g/mol. The molecule has 2 heteroatoms. The third-order valence-corrected chi connectivity index (χ3v) is 2.18. The second kappa shape index (κ2) is 4.99. The van der Waals surface area contributed by atoms with Crippen molar-refractivity contribution in [2.75, 3.05) is 5.32 Å². The summed E-state index contributed by atoms with van der Waals surface area (Å²) in [6, 6.07) is 5.45. The van der Waals surface area contributed by atoms with Gasteiger partial charge in [0.2, 0.25) is 0 Å². The molecule has 0 aliphatic heterocycles. The largest absolute Gasteiger partial charge is 0.383 e. The van der Waals surface area contributed by atoms with Gasteiger partial charge in [-0.15, -0.1) is 0 Å². The van der Waals surface area contributed by atoms with E-state index in [-0.39, 0.29) is 5.82 Å². The summed E-state index contributed by atoms with van der Waals surface area (Å²) in [6.45, 7) is 6.16. The summed E-state index contributed by atoms with van der Waals surface area (Å²) in [5.41, 5.74) is 1.83. The number of hydrogen-bond donors (Lipinski definition) is 1. The molecule has 0 fully saturated rings. The van der Waals surface area contributed by atoms with Gasteiger partial charge in [0.05, 0.1) is 0 Å². The third kappa shape index (κ3) is 3.36. The Hall–Kier alpha value is -1.05. The van der Waals surface area contributed by atoms with Gasteiger partial charge in [0.15, 0.2) is 0 Å². The van der Waals surface area contributed by atoms with Crippen LogP contribution in [0.4, 0.5) is 10.1 Å². The van der Waals surface area contributed by atoms with Gasteiger partial charge in [-0.05, 0) is 44.0 Å². The zero-order valence-corrected chi connectivity index (χ0v) is 9.10. The molecule has 0 saturated carbocycles. The van der Waals surface area contributed by atoms with Gasteiger partial charge < -0.3 is 5.32 Å². The predicted octanol–water partition coefficient (Wildman–Crippen LogP) is 3.73. The van der Waals surface area contributed by atoms with Crippen molar-refractivity contribution in [1.82, 2.24) is 0 Å². The standard InChI is InChI=1S/C12H18FN/c1-4-5-10(3)14-12-7-9(2)6-11(13)8-12/h6-8,10,14H,4-5H2,1-3H3/t10-/m1/s1. The maximum Gasteiger partial charge on any atom is 0.125 e. The molecule has 1 aromatic rings. The summed E-state index contributed by atoms with van der Waals surface area (Å²) in [6.07, 6.45) is 2.25. The first-order chi connectivity index (χ1) is 6.61. The molecule has 14 heavy (non-hydrogen) atoms. The smallest absolute Gasteiger partial charge is 0.125 e. The van der Waals surface area contributed by atoms with Gasteiger partial charge in [-0.1, -0.05) is 13.3 Å². The van der Waals surface area contributed by atoms with Crippen LogP contribution in [0.15, 0.2) is 18.2 Å². The molecule has 0 aliphatic rings. The Morgan fingerprint density at radius 1 is 1.36 bits per heavy atom. The molecule has 0 saturated heterocycles. The first kappa shape index (κ1) is 11.0. The topological polar surface area (TPSA) is 12.0 Å². The summed E-state index contributed by atoms with van der Waals surface area (Å²) in [4.78, 5) is 0. The van der Waals surface area contributed by atoms with E-state index >= 15 is 0 Å². The van der Waals surface area contributed by atoms with Crippen molar-refractivity contribution in [3.8, 4) is 0 Å². The minimum Gasteiger partial charge on any atom is -0.383 e. The van der Waals surface area contributed by atoms with Crippen LogP contribution in [0.3, 0.4) is 0 Å². The number of rotatable bonds is 4. The van der Waals surface area contributed by atoms with E-state index in [1.165, 1.54) is 6.07 Å². The van der Waals surface area contributed by atoms with Crippen LogP contribution < -0.4 is 5.32 Å². The van der Waals surface area contributed by atoms with Gasteiger partial charge in [0, 0.05) is 11.7 Å². The van der Waals surface area contributed by atoms with Crippen LogP contribution in [0.25, 0.3) is 0 Å². The highest BCUT2D eigenvalue weighted by atomic mass is 19.1. The molecule has 0 amide bonds. The Labute approximate surface area is 85.3 Å². The van der Waals surface area contributed by atoms with E-state index in [0.717, 1.165) is 24.1 Å². The molecule has 0 heterocycles. The van der Waals surface area contributed by atoms with E-state index in [0.29, 0.717) is 6.04 Å². The van der Waals surface area contributed by atoms with E-state index in [2.05, 4.69) is 19.2 Å². The molecule has 1 nitrogen and oxygen atoms in total. The summed E-state index contributed by atoms with van der Waals surface area (Å²) in [5.74, 6) is -0.170. The first-order valence-corrected chi connectivity index (χ1v) is 5.15. The van der Waals surface area contributed by atoms with Crippen molar-refractivity contribution in [2.45, 2.75) is 39.7 Å². The molecule has 1 atom stereocenters. The van der Waals surface area contributed by atoms with Gasteiger partial charge in [0.1, 0.15) is 5.82 Å². The summed E-state index contributed by atoms with van der Waals surface area (Å²) >= 11 is 0. The summed E-state index contributed by atoms with van der Waals surface area (Å²) in [5, 5.41) is 3.28. The predicted molar refractivity (Wildman–Crippen MR) is 59.1 cm³/mol. The molecule has 1 N–H and O–H groups in total. The SMILES string of the molecule is CCC[C@@H](C)Nc1cc(C)cc(F)c1. The minimum atomic E-state index is -0.170. The highest BCUT2D eigenvalue weighted by molar-refractivity contribution is 5.46. The molecular weight excluding hydrogens is 177 g/mol. The normalized spacial score (nSPS) is 12.6. The van der Waals surface area contributed by atoms with E-state index in [1.54, 1.807) is 6.07 Å². The second-order valence-corrected chi connectivity index (χ2v) is 3.85. The van der Waals surface area contributed by atoms with E-state index < -0.39 is 0 Å². The lowest BCUT2D eigenvalue weighted by Crippen LogP contribution is -2.14. The molecule has 0 radical (unpaired) electrons. The van der Waals surface area contributed by atoms with Gasteiger partial charge in [0.25, 0.3) is 0 Å². The lowest BCUT2D eigenvalue weighted by Gasteiger charge is -2.14. The molecule has 0 aromatic heterocycles. The fourth-order valence-corrected chi connectivity index (χ4v) is 1.61. The fraction of sp³-hybridized carbons (Fsp3) is 0.500. The highest BCUT2D eigenvalue weighted by Gasteiger charge is 2.02. The Morgan fingerprint density at radius 2 is 2.07 bits per heavy atom. The van der Waals surface area contributed by atoms with Crippen molar-refractivity contribution in [3.05, 3.63) is 29.6 Å². The lowest BCUT2D eigenvalue weighted by molar-refractivity contribution is 0.625. The molecule has 0 spiro atoms. The van der Waals surface area contributed by atoms with Crippen LogP contribution >= 0.6 is 0 Å². The molecule has 0 unspecified atom stereocenters. The van der Waals surface area contributed by atoms with E-state index in [1.807, 2.05) is 13.0 Å². The van der Waals surface area contributed by atoms with Crippen molar-refractivity contribution < 1.29 is 4.39 Å². The van der Waals surface area contributed by atoms with Crippen LogP contribution in [0.1, 0.15) is 32.3 Å². The van der Waals surface area contributed by atoms with Crippen LogP contribution in [-0.2, 0) is 0 Å². The first-order valence-electron chi connectivity index (χ1n) is 5.15. The van der Waals surface area contributed by atoms with Crippen molar-refractivity contribution in [3.63, 3.8) is 0 Å². The second-order valence-electron chi connectivity index (χ2n) is 3.85. The summed E-state index contributed by atoms with van der Waals surface area (Å²) in [7, 11) is 0. The minimum absolute atomic E-state index is 0.170. The Morgan fingerprint density at radius 3 is 2.64 bits per heavy atom. The van der Waals surface area contributed by atoms with Crippen LogP contribution in [-0.4, -0.2) is 6.04 Å². The summed E-state index contributed by atoms with van der Waals surface area (Å²) < 4.78 is 13.0. The van der Waals surface area contributed by atoms with Gasteiger partial charge >= 0.3 is 0 Å². The number of benzene rings is 1. The molecule has 0 bridgehead atoms. The van der Waals surface area contributed by atoms with E-state index in [4.69, 9.17) is 0 Å². The number of nitrogens with one attached hydrogen (secondary N) is 1. The molecule has 1 aromatic carbocycles. The van der Waals surface area contributed by atoms with Crippen molar-refractivity contribution in [1.29, 1.82) is 0 Å². The van der Waals surface area contributed by atoms with Crippen molar-refractivity contribution in [2.24, 2.45) is 0 Å². The molecule has 0 aliphatic carbocycles. The average molecular weight is 195 g/mol. The average Bonchev–Trinajstić information content (AvgIpc) is 2.01.